The number of hydrogen-bond donors (Lipinski definition) is 2. The van der Waals surface area contributed by atoms with E-state index in [1.54, 1.807) is 0 Å². The van der Waals surface area contributed by atoms with Crippen molar-refractivity contribution in [2.75, 3.05) is 13.2 Å². The Hall–Kier alpha value is -1.43. The average molecular weight is 385 g/mol. The summed E-state index contributed by atoms with van der Waals surface area (Å²) in [6.45, 7) is 14.5. The predicted molar refractivity (Wildman–Crippen MR) is 108 cm³/mol. The number of rotatable bonds is 14. The van der Waals surface area contributed by atoms with Gasteiger partial charge in [-0.05, 0) is 47.0 Å². The van der Waals surface area contributed by atoms with Crippen LogP contribution in [0.5, 0.6) is 0 Å². The molecule has 0 aliphatic heterocycles. The van der Waals surface area contributed by atoms with Crippen molar-refractivity contribution in [1.29, 1.82) is 0 Å². The molecule has 0 aromatic rings. The molecule has 0 spiro atoms. The standard InChI is InChI=1S/C21H40N2O4/c1-8-9-19(26)23-20(4,5)13-15-27-21(6,7)12-10-18(25)22-14-11-17(24)16(2)3/h16H,8-15H2,1-7H3,(H,22,25)(H,23,26). The quantitative estimate of drug-likeness (QED) is 0.481. The van der Waals surface area contributed by atoms with Crippen LogP contribution in [0.2, 0.25) is 0 Å². The lowest BCUT2D eigenvalue weighted by atomic mass is 9.99. The Morgan fingerprint density at radius 1 is 0.926 bits per heavy atom. The van der Waals surface area contributed by atoms with Crippen LogP contribution in [0.3, 0.4) is 0 Å². The molecule has 0 aliphatic carbocycles. The van der Waals surface area contributed by atoms with Crippen molar-refractivity contribution in [3.05, 3.63) is 0 Å². The molecule has 0 rings (SSSR count). The van der Waals surface area contributed by atoms with Gasteiger partial charge in [0.1, 0.15) is 5.78 Å². The minimum Gasteiger partial charge on any atom is -0.375 e. The Bertz CT molecular complexity index is 485. The average Bonchev–Trinajstić information content (AvgIpc) is 2.52. The molecule has 0 aliphatic rings. The molecular formula is C21H40N2O4. The summed E-state index contributed by atoms with van der Waals surface area (Å²) < 4.78 is 5.95. The summed E-state index contributed by atoms with van der Waals surface area (Å²) in [7, 11) is 0. The van der Waals surface area contributed by atoms with Crippen LogP contribution in [0.1, 0.15) is 87.0 Å². The van der Waals surface area contributed by atoms with Crippen LogP contribution >= 0.6 is 0 Å². The van der Waals surface area contributed by atoms with Gasteiger partial charge in [0.25, 0.3) is 0 Å². The van der Waals surface area contributed by atoms with Crippen LogP contribution in [-0.4, -0.2) is 41.9 Å². The molecular weight excluding hydrogens is 344 g/mol. The zero-order chi connectivity index (χ0) is 21.1. The van der Waals surface area contributed by atoms with E-state index in [1.807, 2.05) is 48.5 Å². The minimum absolute atomic E-state index is 0.00485. The maximum atomic E-state index is 11.9. The SMILES string of the molecule is CCCC(=O)NC(C)(C)CCOC(C)(C)CCC(=O)NCCC(=O)C(C)C. The first-order chi connectivity index (χ1) is 12.4. The molecule has 2 N–H and O–H groups in total. The van der Waals surface area contributed by atoms with Gasteiger partial charge in [0.15, 0.2) is 0 Å². The van der Waals surface area contributed by atoms with Gasteiger partial charge < -0.3 is 15.4 Å². The molecule has 0 aromatic carbocycles. The van der Waals surface area contributed by atoms with E-state index in [0.717, 1.165) is 6.42 Å². The molecule has 6 nitrogen and oxygen atoms in total. The van der Waals surface area contributed by atoms with Gasteiger partial charge in [-0.15, -0.1) is 0 Å². The number of carbonyl (C=O) groups excluding carboxylic acids is 3. The lowest BCUT2D eigenvalue weighted by Crippen LogP contribution is -2.44. The Labute approximate surface area is 165 Å². The Morgan fingerprint density at radius 3 is 2.11 bits per heavy atom. The molecule has 0 heterocycles. The van der Waals surface area contributed by atoms with Gasteiger partial charge in [0.2, 0.25) is 11.8 Å². The highest BCUT2D eigenvalue weighted by molar-refractivity contribution is 5.81. The molecule has 158 valence electrons. The third-order valence-electron chi connectivity index (χ3n) is 4.47. The summed E-state index contributed by atoms with van der Waals surface area (Å²) in [5, 5.41) is 5.82. The van der Waals surface area contributed by atoms with Crippen molar-refractivity contribution in [3.8, 4) is 0 Å². The maximum Gasteiger partial charge on any atom is 0.220 e. The van der Waals surface area contributed by atoms with Gasteiger partial charge in [0, 0.05) is 43.9 Å². The van der Waals surface area contributed by atoms with E-state index >= 15 is 0 Å². The third-order valence-corrected chi connectivity index (χ3v) is 4.47. The second kappa shape index (κ2) is 12.1. The van der Waals surface area contributed by atoms with E-state index in [-0.39, 0.29) is 29.1 Å². The van der Waals surface area contributed by atoms with Crippen molar-refractivity contribution in [1.82, 2.24) is 10.6 Å². The second-order valence-electron chi connectivity index (χ2n) is 8.76. The zero-order valence-electron chi connectivity index (χ0n) is 18.4. The van der Waals surface area contributed by atoms with Crippen molar-refractivity contribution < 1.29 is 19.1 Å². The van der Waals surface area contributed by atoms with Gasteiger partial charge in [0.05, 0.1) is 5.60 Å². The van der Waals surface area contributed by atoms with Crippen molar-refractivity contribution >= 4 is 17.6 Å². The van der Waals surface area contributed by atoms with Crippen LogP contribution in [0.25, 0.3) is 0 Å². The first-order valence-corrected chi connectivity index (χ1v) is 10.1. The zero-order valence-corrected chi connectivity index (χ0v) is 18.4. The molecule has 2 amide bonds. The van der Waals surface area contributed by atoms with E-state index in [9.17, 15) is 14.4 Å². The molecule has 0 saturated carbocycles. The summed E-state index contributed by atoms with van der Waals surface area (Å²) in [4.78, 5) is 35.2. The first kappa shape index (κ1) is 25.6. The molecule has 0 saturated heterocycles. The van der Waals surface area contributed by atoms with Gasteiger partial charge >= 0.3 is 0 Å². The number of amides is 2. The summed E-state index contributed by atoms with van der Waals surface area (Å²) in [5.74, 6) is 0.169. The Balaban J connectivity index is 4.10. The molecule has 0 atom stereocenters. The number of carbonyl (C=O) groups is 3. The van der Waals surface area contributed by atoms with Crippen molar-refractivity contribution in [2.45, 2.75) is 98.1 Å². The van der Waals surface area contributed by atoms with Crippen molar-refractivity contribution in [3.63, 3.8) is 0 Å². The Kier molecular flexibility index (Phi) is 11.5. The van der Waals surface area contributed by atoms with Crippen LogP contribution in [0.4, 0.5) is 0 Å². The molecule has 6 heteroatoms. The van der Waals surface area contributed by atoms with Gasteiger partial charge in [-0.25, -0.2) is 0 Å². The molecule has 27 heavy (non-hydrogen) atoms. The molecule has 0 bridgehead atoms. The first-order valence-electron chi connectivity index (χ1n) is 10.1. The Morgan fingerprint density at radius 2 is 1.56 bits per heavy atom. The molecule has 0 fully saturated rings. The smallest absolute Gasteiger partial charge is 0.220 e. The number of hydrogen-bond acceptors (Lipinski definition) is 4. The number of ketones is 1. The highest BCUT2D eigenvalue weighted by Crippen LogP contribution is 2.19. The highest BCUT2D eigenvalue weighted by atomic mass is 16.5. The number of nitrogens with one attached hydrogen (secondary N) is 2. The van der Waals surface area contributed by atoms with Gasteiger partial charge in [-0.3, -0.25) is 14.4 Å². The van der Waals surface area contributed by atoms with Gasteiger partial charge in [-0.1, -0.05) is 20.8 Å². The maximum absolute atomic E-state index is 11.9. The van der Waals surface area contributed by atoms with E-state index < -0.39 is 5.60 Å². The number of Topliss-reactive ketones (excluding diaryl/α,β-unsaturated/α-hetero) is 1. The summed E-state index contributed by atoms with van der Waals surface area (Å²) in [6, 6.07) is 0. The normalized spacial score (nSPS) is 12.1. The summed E-state index contributed by atoms with van der Waals surface area (Å²) in [6.07, 6.45) is 3.41. The molecule has 0 radical (unpaired) electrons. The highest BCUT2D eigenvalue weighted by Gasteiger charge is 2.24. The summed E-state index contributed by atoms with van der Waals surface area (Å²) in [5.41, 5.74) is -0.739. The van der Waals surface area contributed by atoms with Crippen molar-refractivity contribution in [2.24, 2.45) is 5.92 Å². The van der Waals surface area contributed by atoms with Crippen LogP contribution in [0.15, 0.2) is 0 Å². The fraction of sp³-hybridized carbons (Fsp3) is 0.857. The largest absolute Gasteiger partial charge is 0.375 e. The number of ether oxygens (including phenoxy) is 1. The van der Waals surface area contributed by atoms with E-state index in [0.29, 0.717) is 45.3 Å². The predicted octanol–water partition coefficient (Wildman–Crippen LogP) is 3.38. The summed E-state index contributed by atoms with van der Waals surface area (Å²) >= 11 is 0. The van der Waals surface area contributed by atoms with Crippen LogP contribution in [0, 0.1) is 5.92 Å². The molecule has 0 unspecified atom stereocenters. The van der Waals surface area contributed by atoms with Gasteiger partial charge in [-0.2, -0.15) is 0 Å². The fourth-order valence-electron chi connectivity index (χ4n) is 2.50. The van der Waals surface area contributed by atoms with E-state index in [1.165, 1.54) is 0 Å². The lowest BCUT2D eigenvalue weighted by Gasteiger charge is -2.30. The van der Waals surface area contributed by atoms with E-state index in [4.69, 9.17) is 4.74 Å². The minimum atomic E-state index is -0.422. The lowest BCUT2D eigenvalue weighted by molar-refractivity contribution is -0.125. The second-order valence-corrected chi connectivity index (χ2v) is 8.76. The van der Waals surface area contributed by atoms with E-state index in [2.05, 4.69) is 10.6 Å². The van der Waals surface area contributed by atoms with Crippen LogP contribution in [-0.2, 0) is 19.1 Å². The monoisotopic (exact) mass is 384 g/mol. The molecule has 0 aromatic heterocycles. The third kappa shape index (κ3) is 13.4. The fourth-order valence-corrected chi connectivity index (χ4v) is 2.50. The van der Waals surface area contributed by atoms with Crippen LogP contribution < -0.4 is 10.6 Å². The topological polar surface area (TPSA) is 84.5 Å².